The molecule has 1 N–H and O–H groups in total. The minimum Gasteiger partial charge on any atom is -0.506 e. The number of ether oxygens (including phenoxy) is 3. The van der Waals surface area contributed by atoms with Gasteiger partial charge in [0.1, 0.15) is 34.2 Å². The van der Waals surface area contributed by atoms with Gasteiger partial charge in [-0.2, -0.15) is 0 Å². The van der Waals surface area contributed by atoms with Crippen LogP contribution in [0.3, 0.4) is 0 Å². The minimum atomic E-state index is -0.523. The Morgan fingerprint density at radius 3 is 2.30 bits per heavy atom. The molecule has 1 amide bonds. The number of fused-ring (bicyclic) bond motifs is 1. The molecule has 8 heteroatoms. The van der Waals surface area contributed by atoms with E-state index in [2.05, 4.69) is 41.8 Å². The Morgan fingerprint density at radius 1 is 1.07 bits per heavy atom. The zero-order valence-corrected chi connectivity index (χ0v) is 28.0. The van der Waals surface area contributed by atoms with Gasteiger partial charge in [-0.1, -0.05) is 45.9 Å². The Bertz CT molecular complexity index is 1350. The van der Waals surface area contributed by atoms with E-state index in [0.29, 0.717) is 40.8 Å². The largest absolute Gasteiger partial charge is 0.506 e. The molecule has 240 valence electrons. The SMILES string of the molecule is COc1cc2c(c(O)c1C(=O)/C=C/c1ccc(OCCC[N+](C)(C)CC(=O)N(CC(C)C)CC(C)C)cc1)C=CC(C)(C)O2. The van der Waals surface area contributed by atoms with Crippen LogP contribution in [-0.4, -0.2) is 85.8 Å². The van der Waals surface area contributed by atoms with Crippen molar-refractivity contribution in [1.29, 1.82) is 0 Å². The van der Waals surface area contributed by atoms with Crippen LogP contribution in [-0.2, 0) is 4.79 Å². The van der Waals surface area contributed by atoms with Gasteiger partial charge in [0.05, 0.1) is 39.9 Å². The number of hydrogen-bond donors (Lipinski definition) is 1. The standard InChI is InChI=1S/C36H50N2O6/c1-25(2)22-37(23-26(3)4)33(40)24-38(7,8)19-10-20-43-28-14-11-27(12-15-28)13-16-30(39)34-32(42-9)21-31-29(35(34)41)17-18-36(5,6)44-31/h11-18,21,25-26H,10,19-20,22-24H2,1-9H3/p+1/b16-13+. The molecule has 0 bridgehead atoms. The molecule has 8 nitrogen and oxygen atoms in total. The van der Waals surface area contributed by atoms with Crippen LogP contribution in [0, 0.1) is 11.8 Å². The first-order valence-electron chi connectivity index (χ1n) is 15.5. The van der Waals surface area contributed by atoms with Crippen LogP contribution in [0.2, 0.25) is 0 Å². The highest BCUT2D eigenvalue weighted by Crippen LogP contribution is 2.43. The molecule has 3 rings (SSSR count). The second-order valence-corrected chi connectivity index (χ2v) is 13.6. The molecule has 44 heavy (non-hydrogen) atoms. The highest BCUT2D eigenvalue weighted by molar-refractivity contribution is 6.11. The Kier molecular flexibility index (Phi) is 11.7. The molecule has 0 aromatic heterocycles. The van der Waals surface area contributed by atoms with E-state index in [4.69, 9.17) is 14.2 Å². The number of carbonyl (C=O) groups excluding carboxylic acids is 2. The number of benzene rings is 2. The molecule has 0 saturated carbocycles. The monoisotopic (exact) mass is 607 g/mol. The summed E-state index contributed by atoms with van der Waals surface area (Å²) in [6.45, 7) is 15.8. The predicted octanol–water partition coefficient (Wildman–Crippen LogP) is 6.47. The average Bonchev–Trinajstić information content (AvgIpc) is 2.92. The molecule has 0 radical (unpaired) electrons. The summed E-state index contributed by atoms with van der Waals surface area (Å²) < 4.78 is 17.9. The van der Waals surface area contributed by atoms with Crippen molar-refractivity contribution < 1.29 is 33.4 Å². The van der Waals surface area contributed by atoms with Crippen LogP contribution in [0.5, 0.6) is 23.0 Å². The van der Waals surface area contributed by atoms with Crippen molar-refractivity contribution in [3.05, 3.63) is 59.2 Å². The van der Waals surface area contributed by atoms with E-state index in [1.165, 1.54) is 13.2 Å². The van der Waals surface area contributed by atoms with Gasteiger partial charge in [-0.15, -0.1) is 0 Å². The third kappa shape index (κ3) is 9.88. The van der Waals surface area contributed by atoms with Gasteiger partial charge in [-0.05, 0) is 61.6 Å². The maximum absolute atomic E-state index is 13.1. The molecule has 1 aliphatic rings. The lowest BCUT2D eigenvalue weighted by Crippen LogP contribution is -2.50. The van der Waals surface area contributed by atoms with Gasteiger partial charge in [0.2, 0.25) is 0 Å². The fraction of sp³-hybridized carbons (Fsp3) is 0.500. The molecular weight excluding hydrogens is 556 g/mol. The Morgan fingerprint density at radius 2 is 1.70 bits per heavy atom. The molecule has 2 aromatic rings. The van der Waals surface area contributed by atoms with Gasteiger partial charge in [-0.3, -0.25) is 9.59 Å². The molecule has 1 aliphatic heterocycles. The van der Waals surface area contributed by atoms with Crippen molar-refractivity contribution in [2.24, 2.45) is 11.8 Å². The van der Waals surface area contributed by atoms with Crippen LogP contribution >= 0.6 is 0 Å². The number of aromatic hydroxyl groups is 1. The van der Waals surface area contributed by atoms with Crippen molar-refractivity contribution >= 4 is 23.8 Å². The lowest BCUT2D eigenvalue weighted by Gasteiger charge is -2.33. The summed E-state index contributed by atoms with van der Waals surface area (Å²) in [7, 11) is 5.64. The number of carbonyl (C=O) groups is 2. The van der Waals surface area contributed by atoms with E-state index in [1.54, 1.807) is 18.2 Å². The minimum absolute atomic E-state index is 0.0889. The highest BCUT2D eigenvalue weighted by Gasteiger charge is 2.29. The van der Waals surface area contributed by atoms with Gasteiger partial charge in [0.25, 0.3) is 5.91 Å². The number of likely N-dealkylation sites (N-methyl/N-ethyl adjacent to an activating group) is 1. The quantitative estimate of drug-likeness (QED) is 0.108. The van der Waals surface area contributed by atoms with Crippen LogP contribution in [0.1, 0.15) is 69.4 Å². The number of allylic oxidation sites excluding steroid dienone is 1. The third-order valence-electron chi connectivity index (χ3n) is 7.33. The van der Waals surface area contributed by atoms with Crippen molar-refractivity contribution in [2.75, 3.05) is 54.0 Å². The number of quaternary nitrogens is 1. The zero-order chi connectivity index (χ0) is 32.7. The lowest BCUT2D eigenvalue weighted by molar-refractivity contribution is -0.882. The summed E-state index contributed by atoms with van der Waals surface area (Å²) in [5, 5.41) is 10.9. The topological polar surface area (TPSA) is 85.3 Å². The fourth-order valence-corrected chi connectivity index (χ4v) is 5.20. The number of methoxy groups -OCH3 is 1. The molecule has 0 saturated heterocycles. The van der Waals surface area contributed by atoms with E-state index in [0.717, 1.165) is 37.4 Å². The number of phenols is 1. The Hall–Kier alpha value is -3.78. The van der Waals surface area contributed by atoms with E-state index < -0.39 is 5.60 Å². The number of ketones is 1. The van der Waals surface area contributed by atoms with Gasteiger partial charge in [-0.25, -0.2) is 0 Å². The maximum atomic E-state index is 13.1. The third-order valence-corrected chi connectivity index (χ3v) is 7.33. The Balaban J connectivity index is 1.54. The predicted molar refractivity (Wildman–Crippen MR) is 176 cm³/mol. The normalized spacial score (nSPS) is 14.1. The summed E-state index contributed by atoms with van der Waals surface area (Å²) in [5.74, 6) is 1.99. The summed E-state index contributed by atoms with van der Waals surface area (Å²) in [6.07, 6.45) is 7.53. The fourth-order valence-electron chi connectivity index (χ4n) is 5.20. The Labute approximate surface area is 263 Å². The molecule has 0 fully saturated rings. The summed E-state index contributed by atoms with van der Waals surface area (Å²) in [6, 6.07) is 9.12. The van der Waals surface area contributed by atoms with Gasteiger partial charge in [0.15, 0.2) is 12.3 Å². The van der Waals surface area contributed by atoms with E-state index >= 15 is 0 Å². The maximum Gasteiger partial charge on any atom is 0.277 e. The van der Waals surface area contributed by atoms with Crippen LogP contribution in [0.15, 0.2) is 42.5 Å². The number of amides is 1. The number of hydrogen-bond acceptors (Lipinski definition) is 6. The van der Waals surface area contributed by atoms with Crippen LogP contribution in [0.4, 0.5) is 0 Å². The summed E-state index contributed by atoms with van der Waals surface area (Å²) in [5.41, 5.74) is 0.836. The molecule has 2 aromatic carbocycles. The molecule has 0 unspecified atom stereocenters. The average molecular weight is 608 g/mol. The lowest BCUT2D eigenvalue weighted by atomic mass is 9.97. The van der Waals surface area contributed by atoms with Gasteiger partial charge in [0, 0.05) is 25.6 Å². The summed E-state index contributed by atoms with van der Waals surface area (Å²) >= 11 is 0. The van der Waals surface area contributed by atoms with Crippen molar-refractivity contribution in [1.82, 2.24) is 4.90 Å². The number of rotatable bonds is 15. The zero-order valence-electron chi connectivity index (χ0n) is 28.0. The van der Waals surface area contributed by atoms with Crippen molar-refractivity contribution in [2.45, 2.75) is 53.6 Å². The first-order valence-corrected chi connectivity index (χ1v) is 15.5. The molecule has 1 heterocycles. The van der Waals surface area contributed by atoms with E-state index in [9.17, 15) is 14.7 Å². The first kappa shape index (κ1) is 34.7. The van der Waals surface area contributed by atoms with Crippen LogP contribution in [0.25, 0.3) is 12.2 Å². The van der Waals surface area contributed by atoms with Crippen LogP contribution < -0.4 is 14.2 Å². The second-order valence-electron chi connectivity index (χ2n) is 13.6. The van der Waals surface area contributed by atoms with E-state index in [1.807, 2.05) is 49.1 Å². The van der Waals surface area contributed by atoms with Gasteiger partial charge < -0.3 is 28.7 Å². The molecule has 0 spiro atoms. The molecule has 0 atom stereocenters. The molecule has 0 aliphatic carbocycles. The van der Waals surface area contributed by atoms with Gasteiger partial charge >= 0.3 is 0 Å². The smallest absolute Gasteiger partial charge is 0.277 e. The number of phenolic OH excluding ortho intramolecular Hbond substituents is 1. The summed E-state index contributed by atoms with van der Waals surface area (Å²) in [4.78, 5) is 28.2. The molecular formula is C36H51N2O6+. The van der Waals surface area contributed by atoms with Crippen molar-refractivity contribution in [3.8, 4) is 23.0 Å². The van der Waals surface area contributed by atoms with Crippen molar-refractivity contribution in [3.63, 3.8) is 0 Å². The van der Waals surface area contributed by atoms with E-state index in [-0.39, 0.29) is 28.8 Å². The first-order chi connectivity index (χ1) is 20.6. The number of nitrogens with zero attached hydrogens (tertiary/aromatic N) is 2. The second kappa shape index (κ2) is 14.8. The highest BCUT2D eigenvalue weighted by atomic mass is 16.5.